The van der Waals surface area contributed by atoms with Crippen molar-refractivity contribution >= 4 is 12.0 Å². The maximum atomic E-state index is 12.6. The van der Waals surface area contributed by atoms with E-state index in [1.54, 1.807) is 13.0 Å². The van der Waals surface area contributed by atoms with Crippen molar-refractivity contribution in [3.63, 3.8) is 0 Å². The fraction of sp³-hybridized carbons (Fsp3) is 0.750. The molecule has 1 fully saturated rings. The number of unbranched alkanes of at least 4 members (excludes halogenated alkanes) is 2. The van der Waals surface area contributed by atoms with Crippen LogP contribution < -0.4 is 0 Å². The van der Waals surface area contributed by atoms with Crippen molar-refractivity contribution < 1.29 is 19.4 Å². The molecule has 1 aliphatic rings. The first-order valence-corrected chi connectivity index (χ1v) is 7.87. The molecule has 0 aromatic heterocycles. The fourth-order valence-corrected chi connectivity index (χ4v) is 2.40. The standard InChI is InChI=1S/C16H27NO4/c1-4-6-8-10-14(18)13(9-7-5-2)15(19)17-12(3)11-21-16(17)20/h8,10,12-14,18H,4-7,9,11H2,1-3H3/b10-8+/t12-,13?,14?/m1/s1. The molecule has 5 heteroatoms. The number of hydrogen-bond acceptors (Lipinski definition) is 4. The van der Waals surface area contributed by atoms with Gasteiger partial charge in [-0.3, -0.25) is 4.79 Å². The van der Waals surface area contributed by atoms with Crippen LogP contribution in [-0.4, -0.2) is 40.8 Å². The Balaban J connectivity index is 2.80. The van der Waals surface area contributed by atoms with Gasteiger partial charge in [0, 0.05) is 0 Å². The molecule has 1 N–H and O–H groups in total. The highest BCUT2D eigenvalue weighted by Crippen LogP contribution is 2.22. The molecule has 0 saturated carbocycles. The molecule has 2 unspecified atom stereocenters. The van der Waals surface area contributed by atoms with Gasteiger partial charge in [-0.05, 0) is 19.8 Å². The van der Waals surface area contributed by atoms with Gasteiger partial charge >= 0.3 is 6.09 Å². The number of amides is 2. The molecule has 21 heavy (non-hydrogen) atoms. The Morgan fingerprint density at radius 3 is 2.71 bits per heavy atom. The minimum atomic E-state index is -0.851. The molecule has 0 aromatic rings. The lowest BCUT2D eigenvalue weighted by molar-refractivity contribution is -0.136. The van der Waals surface area contributed by atoms with Crippen molar-refractivity contribution in [1.82, 2.24) is 4.90 Å². The summed E-state index contributed by atoms with van der Waals surface area (Å²) >= 11 is 0. The zero-order valence-corrected chi connectivity index (χ0v) is 13.2. The van der Waals surface area contributed by atoms with Gasteiger partial charge in [-0.1, -0.05) is 45.3 Å². The molecule has 1 aliphatic heterocycles. The molecule has 120 valence electrons. The number of rotatable bonds is 8. The second-order valence-electron chi connectivity index (χ2n) is 5.59. The lowest BCUT2D eigenvalue weighted by Crippen LogP contribution is -2.44. The predicted octanol–water partition coefficient (Wildman–Crippen LogP) is 2.88. The summed E-state index contributed by atoms with van der Waals surface area (Å²) in [5.41, 5.74) is 0. The van der Waals surface area contributed by atoms with E-state index in [2.05, 4.69) is 6.92 Å². The number of allylic oxidation sites excluding steroid dienone is 1. The highest BCUT2D eigenvalue weighted by atomic mass is 16.6. The molecule has 0 spiro atoms. The van der Waals surface area contributed by atoms with Crippen molar-refractivity contribution in [3.8, 4) is 0 Å². The molecular formula is C16H27NO4. The first-order chi connectivity index (χ1) is 10.0. The summed E-state index contributed by atoms with van der Waals surface area (Å²) in [6, 6.07) is -0.263. The van der Waals surface area contributed by atoms with Gasteiger partial charge in [-0.25, -0.2) is 9.69 Å². The minimum absolute atomic E-state index is 0.229. The van der Waals surface area contributed by atoms with Crippen LogP contribution in [0.5, 0.6) is 0 Å². The van der Waals surface area contributed by atoms with Crippen LogP contribution in [-0.2, 0) is 9.53 Å². The molecular weight excluding hydrogens is 270 g/mol. The summed E-state index contributed by atoms with van der Waals surface area (Å²) in [4.78, 5) is 25.4. The molecule has 0 radical (unpaired) electrons. The number of carbonyl (C=O) groups excluding carboxylic acids is 2. The monoisotopic (exact) mass is 297 g/mol. The van der Waals surface area contributed by atoms with E-state index in [0.29, 0.717) is 6.42 Å². The van der Waals surface area contributed by atoms with Crippen LogP contribution >= 0.6 is 0 Å². The van der Waals surface area contributed by atoms with Crippen molar-refractivity contribution in [3.05, 3.63) is 12.2 Å². The summed E-state index contributed by atoms with van der Waals surface area (Å²) in [5.74, 6) is -0.904. The number of nitrogens with zero attached hydrogens (tertiary/aromatic N) is 1. The van der Waals surface area contributed by atoms with Gasteiger partial charge in [0.25, 0.3) is 0 Å². The van der Waals surface area contributed by atoms with E-state index in [1.807, 2.05) is 13.0 Å². The van der Waals surface area contributed by atoms with Gasteiger partial charge in [-0.2, -0.15) is 0 Å². The number of carbonyl (C=O) groups is 2. The third-order valence-corrected chi connectivity index (χ3v) is 3.71. The third kappa shape index (κ3) is 4.84. The Hall–Kier alpha value is -1.36. The fourth-order valence-electron chi connectivity index (χ4n) is 2.40. The lowest BCUT2D eigenvalue weighted by Gasteiger charge is -2.25. The van der Waals surface area contributed by atoms with Crippen molar-refractivity contribution in [2.24, 2.45) is 5.92 Å². The Morgan fingerprint density at radius 2 is 2.19 bits per heavy atom. The van der Waals surface area contributed by atoms with E-state index in [9.17, 15) is 14.7 Å². The average Bonchev–Trinajstić information content (AvgIpc) is 2.78. The van der Waals surface area contributed by atoms with E-state index in [1.165, 1.54) is 0 Å². The van der Waals surface area contributed by atoms with Crippen LogP contribution in [0.4, 0.5) is 4.79 Å². The Morgan fingerprint density at radius 1 is 1.48 bits per heavy atom. The molecule has 1 heterocycles. The molecule has 1 saturated heterocycles. The van der Waals surface area contributed by atoms with Crippen LogP contribution in [0.1, 0.15) is 52.9 Å². The van der Waals surface area contributed by atoms with E-state index in [4.69, 9.17) is 4.74 Å². The van der Waals surface area contributed by atoms with Gasteiger partial charge in [0.05, 0.1) is 18.1 Å². The van der Waals surface area contributed by atoms with Crippen molar-refractivity contribution in [2.45, 2.75) is 65.0 Å². The lowest BCUT2D eigenvalue weighted by atomic mass is 9.93. The summed E-state index contributed by atoms with van der Waals surface area (Å²) in [5, 5.41) is 10.3. The van der Waals surface area contributed by atoms with E-state index < -0.39 is 18.1 Å². The Kier molecular flexibility index (Phi) is 7.43. The number of aliphatic hydroxyl groups is 1. The van der Waals surface area contributed by atoms with Crippen LogP contribution in [0.3, 0.4) is 0 Å². The van der Waals surface area contributed by atoms with Crippen LogP contribution in [0, 0.1) is 5.92 Å². The number of aliphatic hydroxyl groups excluding tert-OH is 1. The quantitative estimate of drug-likeness (QED) is 0.700. The Labute approximate surface area is 127 Å². The highest BCUT2D eigenvalue weighted by molar-refractivity contribution is 5.95. The number of hydrogen-bond donors (Lipinski definition) is 1. The number of imide groups is 1. The molecule has 0 aliphatic carbocycles. The summed E-state index contributed by atoms with van der Waals surface area (Å²) < 4.78 is 4.90. The zero-order valence-electron chi connectivity index (χ0n) is 13.2. The normalized spacial score (nSPS) is 21.6. The summed E-state index contributed by atoms with van der Waals surface area (Å²) in [6.45, 7) is 6.10. The predicted molar refractivity (Wildman–Crippen MR) is 80.7 cm³/mol. The van der Waals surface area contributed by atoms with Crippen LogP contribution in [0.15, 0.2) is 12.2 Å². The Bertz CT molecular complexity index is 380. The van der Waals surface area contributed by atoms with Crippen molar-refractivity contribution in [1.29, 1.82) is 0 Å². The van der Waals surface area contributed by atoms with Crippen LogP contribution in [0.2, 0.25) is 0 Å². The number of cyclic esters (lactones) is 1. The first-order valence-electron chi connectivity index (χ1n) is 7.87. The van der Waals surface area contributed by atoms with Gasteiger partial charge < -0.3 is 9.84 Å². The smallest absolute Gasteiger partial charge is 0.416 e. The van der Waals surface area contributed by atoms with Crippen molar-refractivity contribution in [2.75, 3.05) is 6.61 Å². The second-order valence-corrected chi connectivity index (χ2v) is 5.59. The maximum Gasteiger partial charge on any atom is 0.416 e. The second kappa shape index (κ2) is 8.82. The van der Waals surface area contributed by atoms with Gasteiger partial charge in [0.15, 0.2) is 0 Å². The largest absolute Gasteiger partial charge is 0.447 e. The first kappa shape index (κ1) is 17.7. The van der Waals surface area contributed by atoms with Gasteiger partial charge in [-0.15, -0.1) is 0 Å². The van der Waals surface area contributed by atoms with E-state index in [-0.39, 0.29) is 18.6 Å². The van der Waals surface area contributed by atoms with Crippen LogP contribution in [0.25, 0.3) is 0 Å². The summed E-state index contributed by atoms with van der Waals surface area (Å²) in [7, 11) is 0. The molecule has 1 rings (SSSR count). The SMILES string of the molecule is CCC/C=C/C(O)C(CCCC)C(=O)N1C(=O)OC[C@H]1C. The average molecular weight is 297 g/mol. The van der Waals surface area contributed by atoms with Gasteiger partial charge in [0.2, 0.25) is 5.91 Å². The molecule has 3 atom stereocenters. The topological polar surface area (TPSA) is 66.8 Å². The molecule has 0 bridgehead atoms. The summed E-state index contributed by atoms with van der Waals surface area (Å²) in [6.07, 6.45) is 6.33. The molecule has 0 aromatic carbocycles. The van der Waals surface area contributed by atoms with E-state index >= 15 is 0 Å². The maximum absolute atomic E-state index is 12.6. The highest BCUT2D eigenvalue weighted by Gasteiger charge is 2.39. The molecule has 2 amide bonds. The minimum Gasteiger partial charge on any atom is -0.447 e. The molecule has 5 nitrogen and oxygen atoms in total. The third-order valence-electron chi connectivity index (χ3n) is 3.71. The number of ether oxygens (including phenoxy) is 1. The van der Waals surface area contributed by atoms with Gasteiger partial charge in [0.1, 0.15) is 6.61 Å². The van der Waals surface area contributed by atoms with E-state index in [0.717, 1.165) is 30.6 Å². The zero-order chi connectivity index (χ0) is 15.8.